The summed E-state index contributed by atoms with van der Waals surface area (Å²) in [5, 5.41) is 0. The highest BCUT2D eigenvalue weighted by Crippen LogP contribution is 2.24. The predicted octanol–water partition coefficient (Wildman–Crippen LogP) is 3.63. The first-order chi connectivity index (χ1) is 12.4. The highest BCUT2D eigenvalue weighted by atomic mass is 32.2. The molecule has 4 nitrogen and oxygen atoms in total. The molecule has 0 radical (unpaired) electrons. The summed E-state index contributed by atoms with van der Waals surface area (Å²) in [6.07, 6.45) is -1.39. The van der Waals surface area contributed by atoms with Gasteiger partial charge in [-0.25, -0.2) is 0 Å². The molecule has 144 valence electrons. The Bertz CT molecular complexity index is 603. The van der Waals surface area contributed by atoms with Gasteiger partial charge in [-0.15, -0.1) is 13.2 Å². The normalized spacial score (nSPS) is 20.7. The molecule has 2 aliphatic heterocycles. The fraction of sp³-hybridized carbons (Fsp3) is 0.611. The Labute approximate surface area is 155 Å². The van der Waals surface area contributed by atoms with Crippen molar-refractivity contribution in [2.24, 2.45) is 0 Å². The molecular formula is C18H23F3N2O2S. The van der Waals surface area contributed by atoms with Crippen molar-refractivity contribution in [2.45, 2.75) is 31.7 Å². The third-order valence-corrected chi connectivity index (χ3v) is 5.91. The second kappa shape index (κ2) is 8.52. The molecule has 2 fully saturated rings. The number of hydrogen-bond acceptors (Lipinski definition) is 4. The summed E-state index contributed by atoms with van der Waals surface area (Å²) in [4.78, 5) is 17.0. The first-order valence-corrected chi connectivity index (χ1v) is 10.0. The summed E-state index contributed by atoms with van der Waals surface area (Å²) in [6.45, 7) is 3.19. The number of halogens is 3. The number of carbonyl (C=O) groups is 1. The molecule has 0 spiro atoms. The van der Waals surface area contributed by atoms with Crippen molar-refractivity contribution in [3.63, 3.8) is 0 Å². The molecule has 8 heteroatoms. The lowest BCUT2D eigenvalue weighted by molar-refractivity contribution is -0.274. The van der Waals surface area contributed by atoms with Crippen LogP contribution in [0.2, 0.25) is 0 Å². The fourth-order valence-electron chi connectivity index (χ4n) is 3.54. The SMILES string of the molecule is O=C(c1ccc(OC(F)(F)F)cc1)N1CCCN(C2CCSCC2)CC1. The van der Waals surface area contributed by atoms with Gasteiger partial charge in [-0.2, -0.15) is 11.8 Å². The van der Waals surface area contributed by atoms with Gasteiger partial charge in [-0.05, 0) is 55.0 Å². The predicted molar refractivity (Wildman–Crippen MR) is 95.6 cm³/mol. The second-order valence-corrected chi connectivity index (χ2v) is 7.82. The van der Waals surface area contributed by atoms with Crippen molar-refractivity contribution in [1.82, 2.24) is 9.80 Å². The molecule has 0 saturated carbocycles. The molecule has 1 aromatic rings. The fourth-order valence-corrected chi connectivity index (χ4v) is 4.62. The Hall–Kier alpha value is -1.41. The molecule has 3 rings (SSSR count). The number of nitrogens with zero attached hydrogens (tertiary/aromatic N) is 2. The molecule has 0 aromatic heterocycles. The zero-order valence-corrected chi connectivity index (χ0v) is 15.3. The molecule has 0 aliphatic carbocycles. The summed E-state index contributed by atoms with van der Waals surface area (Å²) in [5.41, 5.74) is 0.391. The smallest absolute Gasteiger partial charge is 0.406 e. The van der Waals surface area contributed by atoms with E-state index in [0.717, 1.165) is 19.5 Å². The lowest BCUT2D eigenvalue weighted by Crippen LogP contribution is -2.41. The van der Waals surface area contributed by atoms with Gasteiger partial charge in [0.25, 0.3) is 5.91 Å². The number of hydrogen-bond donors (Lipinski definition) is 0. The first kappa shape index (κ1) is 19.4. The minimum Gasteiger partial charge on any atom is -0.406 e. The maximum atomic E-state index is 12.7. The van der Waals surface area contributed by atoms with E-state index in [2.05, 4.69) is 9.64 Å². The average molecular weight is 388 g/mol. The Balaban J connectivity index is 1.57. The van der Waals surface area contributed by atoms with Gasteiger partial charge in [-0.3, -0.25) is 9.69 Å². The summed E-state index contributed by atoms with van der Waals surface area (Å²) < 4.78 is 40.5. The molecular weight excluding hydrogens is 365 g/mol. The number of thioether (sulfide) groups is 1. The van der Waals surface area contributed by atoms with E-state index >= 15 is 0 Å². The summed E-state index contributed by atoms with van der Waals surface area (Å²) in [6, 6.07) is 5.77. The van der Waals surface area contributed by atoms with Gasteiger partial charge in [0.2, 0.25) is 0 Å². The standard InChI is InChI=1S/C18H23F3N2O2S/c19-18(20,21)25-16-4-2-14(3-5-16)17(24)23-9-1-8-22(10-11-23)15-6-12-26-13-7-15/h2-5,15H,1,6-13H2. The van der Waals surface area contributed by atoms with Gasteiger partial charge in [0, 0.05) is 37.8 Å². The first-order valence-electron chi connectivity index (χ1n) is 8.89. The number of benzene rings is 1. The number of carbonyl (C=O) groups excluding carboxylic acids is 1. The van der Waals surface area contributed by atoms with Gasteiger partial charge in [0.1, 0.15) is 5.75 Å². The van der Waals surface area contributed by atoms with E-state index in [1.807, 2.05) is 11.8 Å². The van der Waals surface area contributed by atoms with Crippen LogP contribution < -0.4 is 4.74 Å². The molecule has 26 heavy (non-hydrogen) atoms. The van der Waals surface area contributed by atoms with E-state index in [1.54, 1.807) is 4.90 Å². The van der Waals surface area contributed by atoms with Crippen LogP contribution in [0.25, 0.3) is 0 Å². The Morgan fingerprint density at radius 3 is 2.38 bits per heavy atom. The van der Waals surface area contributed by atoms with Crippen molar-refractivity contribution in [2.75, 3.05) is 37.7 Å². The summed E-state index contributed by atoms with van der Waals surface area (Å²) in [5.74, 6) is 1.96. The van der Waals surface area contributed by atoms with Crippen LogP contribution in [0.4, 0.5) is 13.2 Å². The van der Waals surface area contributed by atoms with E-state index in [9.17, 15) is 18.0 Å². The van der Waals surface area contributed by atoms with Crippen LogP contribution in [0.3, 0.4) is 0 Å². The molecule has 1 amide bonds. The third-order valence-electron chi connectivity index (χ3n) is 4.86. The maximum absolute atomic E-state index is 12.7. The quantitative estimate of drug-likeness (QED) is 0.792. The highest BCUT2D eigenvalue weighted by molar-refractivity contribution is 7.99. The largest absolute Gasteiger partial charge is 0.573 e. The van der Waals surface area contributed by atoms with Gasteiger partial charge in [-0.1, -0.05) is 0 Å². The van der Waals surface area contributed by atoms with Crippen molar-refractivity contribution in [1.29, 1.82) is 0 Å². The molecule has 0 atom stereocenters. The van der Waals surface area contributed by atoms with Crippen molar-refractivity contribution < 1.29 is 22.7 Å². The molecule has 1 aromatic carbocycles. The highest BCUT2D eigenvalue weighted by Gasteiger charge is 2.31. The van der Waals surface area contributed by atoms with Gasteiger partial charge >= 0.3 is 6.36 Å². The lowest BCUT2D eigenvalue weighted by Gasteiger charge is -2.33. The van der Waals surface area contributed by atoms with E-state index in [-0.39, 0.29) is 11.7 Å². The number of amides is 1. The lowest BCUT2D eigenvalue weighted by atomic mass is 10.1. The maximum Gasteiger partial charge on any atom is 0.573 e. The molecule has 2 heterocycles. The van der Waals surface area contributed by atoms with Crippen LogP contribution >= 0.6 is 11.8 Å². The average Bonchev–Trinajstić information content (AvgIpc) is 2.87. The van der Waals surface area contributed by atoms with Crippen molar-refractivity contribution in [3.05, 3.63) is 29.8 Å². The number of alkyl halides is 3. The van der Waals surface area contributed by atoms with E-state index in [1.165, 1.54) is 48.6 Å². The van der Waals surface area contributed by atoms with Crippen LogP contribution in [0.15, 0.2) is 24.3 Å². The molecule has 0 unspecified atom stereocenters. The summed E-state index contributed by atoms with van der Waals surface area (Å²) >= 11 is 2.00. The minimum atomic E-state index is -4.72. The topological polar surface area (TPSA) is 32.8 Å². The third kappa shape index (κ3) is 5.30. The van der Waals surface area contributed by atoms with Crippen LogP contribution in [0.1, 0.15) is 29.6 Å². The molecule has 0 N–H and O–H groups in total. The van der Waals surface area contributed by atoms with E-state index in [0.29, 0.717) is 24.7 Å². The van der Waals surface area contributed by atoms with Crippen LogP contribution in [-0.4, -0.2) is 65.8 Å². The Kier molecular flexibility index (Phi) is 6.34. The minimum absolute atomic E-state index is 0.135. The van der Waals surface area contributed by atoms with Crippen molar-refractivity contribution in [3.8, 4) is 5.75 Å². The molecule has 2 saturated heterocycles. The molecule has 0 bridgehead atoms. The monoisotopic (exact) mass is 388 g/mol. The Morgan fingerprint density at radius 1 is 1.04 bits per heavy atom. The van der Waals surface area contributed by atoms with Gasteiger partial charge in [0.05, 0.1) is 0 Å². The van der Waals surface area contributed by atoms with Crippen LogP contribution in [-0.2, 0) is 0 Å². The summed E-state index contributed by atoms with van der Waals surface area (Å²) in [7, 11) is 0. The van der Waals surface area contributed by atoms with Crippen molar-refractivity contribution >= 4 is 17.7 Å². The zero-order valence-electron chi connectivity index (χ0n) is 14.5. The zero-order chi connectivity index (χ0) is 18.6. The number of rotatable bonds is 3. The van der Waals surface area contributed by atoms with Gasteiger partial charge < -0.3 is 9.64 Å². The second-order valence-electron chi connectivity index (χ2n) is 6.60. The van der Waals surface area contributed by atoms with Crippen LogP contribution in [0.5, 0.6) is 5.75 Å². The van der Waals surface area contributed by atoms with E-state index < -0.39 is 6.36 Å². The van der Waals surface area contributed by atoms with E-state index in [4.69, 9.17) is 0 Å². The molecule has 2 aliphatic rings. The Morgan fingerprint density at radius 2 is 1.73 bits per heavy atom. The van der Waals surface area contributed by atoms with Crippen LogP contribution in [0, 0.1) is 0 Å². The van der Waals surface area contributed by atoms with Gasteiger partial charge in [0.15, 0.2) is 0 Å². The number of ether oxygens (including phenoxy) is 1.